The van der Waals surface area contributed by atoms with Crippen molar-refractivity contribution in [2.45, 2.75) is 6.42 Å². The van der Waals surface area contributed by atoms with Gasteiger partial charge in [0, 0.05) is 6.54 Å². The van der Waals surface area contributed by atoms with Crippen LogP contribution in [0.4, 0.5) is 9.18 Å². The van der Waals surface area contributed by atoms with Crippen LogP contribution in [-0.2, 0) is 4.74 Å². The van der Waals surface area contributed by atoms with Gasteiger partial charge in [-0.2, -0.15) is 0 Å². The van der Waals surface area contributed by atoms with Gasteiger partial charge in [0.05, 0.1) is 16.6 Å². The number of halogens is 2. The van der Waals surface area contributed by atoms with Gasteiger partial charge in [-0.15, -0.1) is 0 Å². The molecule has 1 aromatic rings. The van der Waals surface area contributed by atoms with Crippen LogP contribution in [0.5, 0.6) is 0 Å². The third-order valence-corrected chi connectivity index (χ3v) is 2.62. The normalized spacial score (nSPS) is 9.89. The molecule has 18 heavy (non-hydrogen) atoms. The van der Waals surface area contributed by atoms with Crippen LogP contribution in [0.3, 0.4) is 0 Å². The highest BCUT2D eigenvalue weighted by Crippen LogP contribution is 2.17. The molecule has 1 rings (SSSR count). The number of hydrogen-bond acceptors (Lipinski definition) is 3. The van der Waals surface area contributed by atoms with Crippen molar-refractivity contribution in [2.24, 2.45) is 5.73 Å². The molecule has 0 fully saturated rings. The number of hydrogen-bond donors (Lipinski definition) is 2. The molecule has 3 N–H and O–H groups in total. The molecular formula is C11H12BrFN2O3. The summed E-state index contributed by atoms with van der Waals surface area (Å²) in [5.41, 5.74) is 5.11. The first-order valence-electron chi connectivity index (χ1n) is 5.16. The van der Waals surface area contributed by atoms with Gasteiger partial charge in [0.15, 0.2) is 0 Å². The molecule has 0 radical (unpaired) electrons. The van der Waals surface area contributed by atoms with Gasteiger partial charge in [-0.1, -0.05) is 0 Å². The van der Waals surface area contributed by atoms with Crippen LogP contribution in [0.1, 0.15) is 16.8 Å². The molecule has 0 saturated carbocycles. The Hall–Kier alpha value is -1.63. The number of ether oxygens (including phenoxy) is 1. The number of nitrogens with two attached hydrogens (primary N) is 1. The van der Waals surface area contributed by atoms with Crippen LogP contribution in [-0.4, -0.2) is 25.2 Å². The van der Waals surface area contributed by atoms with E-state index in [2.05, 4.69) is 21.2 Å². The van der Waals surface area contributed by atoms with E-state index in [4.69, 9.17) is 10.5 Å². The second-order valence-corrected chi connectivity index (χ2v) is 4.26. The van der Waals surface area contributed by atoms with E-state index in [9.17, 15) is 14.0 Å². The minimum Gasteiger partial charge on any atom is -0.462 e. The van der Waals surface area contributed by atoms with Crippen molar-refractivity contribution in [1.29, 1.82) is 0 Å². The minimum atomic E-state index is -0.621. The lowest BCUT2D eigenvalue weighted by Crippen LogP contribution is -2.30. The van der Waals surface area contributed by atoms with Crippen molar-refractivity contribution < 1.29 is 18.7 Å². The zero-order valence-corrected chi connectivity index (χ0v) is 11.0. The monoisotopic (exact) mass is 318 g/mol. The van der Waals surface area contributed by atoms with E-state index in [1.807, 2.05) is 0 Å². The molecule has 7 heteroatoms. The Bertz CT molecular complexity index is 454. The molecule has 2 amide bonds. The van der Waals surface area contributed by atoms with Gasteiger partial charge in [-0.25, -0.2) is 14.0 Å². The van der Waals surface area contributed by atoms with Crippen molar-refractivity contribution in [1.82, 2.24) is 5.32 Å². The summed E-state index contributed by atoms with van der Waals surface area (Å²) in [7, 11) is 0. The first-order valence-corrected chi connectivity index (χ1v) is 5.95. The topological polar surface area (TPSA) is 81.4 Å². The van der Waals surface area contributed by atoms with Gasteiger partial charge in [0.1, 0.15) is 5.82 Å². The van der Waals surface area contributed by atoms with Crippen molar-refractivity contribution in [3.63, 3.8) is 0 Å². The summed E-state index contributed by atoms with van der Waals surface area (Å²) < 4.78 is 18.1. The lowest BCUT2D eigenvalue weighted by atomic mass is 10.2. The van der Waals surface area contributed by atoms with Crippen LogP contribution in [0.25, 0.3) is 0 Å². The predicted molar refractivity (Wildman–Crippen MR) is 66.6 cm³/mol. The standard InChI is InChI=1S/C11H12BrFN2O3/c12-8-6-7(2-3-9(8)13)10(16)18-5-1-4-15-11(14)17/h2-3,6H,1,4-5H2,(H3,14,15,17). The first-order chi connectivity index (χ1) is 8.50. The molecule has 0 aliphatic carbocycles. The molecule has 98 valence electrons. The number of nitrogens with one attached hydrogen (secondary N) is 1. The average molecular weight is 319 g/mol. The van der Waals surface area contributed by atoms with Crippen LogP contribution >= 0.6 is 15.9 Å². The van der Waals surface area contributed by atoms with Crippen LogP contribution < -0.4 is 11.1 Å². The summed E-state index contributed by atoms with van der Waals surface area (Å²) in [6, 6.07) is 3.24. The van der Waals surface area contributed by atoms with Crippen molar-refractivity contribution >= 4 is 27.9 Å². The van der Waals surface area contributed by atoms with Crippen LogP contribution in [0.15, 0.2) is 22.7 Å². The number of rotatable bonds is 5. The number of urea groups is 1. The molecule has 0 heterocycles. The SMILES string of the molecule is NC(=O)NCCCOC(=O)c1ccc(F)c(Br)c1. The average Bonchev–Trinajstić information content (AvgIpc) is 2.31. The Balaban J connectivity index is 2.36. The first kappa shape index (κ1) is 14.4. The van der Waals surface area contributed by atoms with Gasteiger partial charge in [-0.05, 0) is 40.5 Å². The number of primary amides is 1. The number of esters is 1. The third-order valence-electron chi connectivity index (χ3n) is 2.01. The van der Waals surface area contributed by atoms with E-state index in [1.165, 1.54) is 18.2 Å². The zero-order chi connectivity index (χ0) is 13.5. The molecule has 0 aliphatic rings. The summed E-state index contributed by atoms with van der Waals surface area (Å²) in [6.45, 7) is 0.476. The molecule has 0 bridgehead atoms. The second-order valence-electron chi connectivity index (χ2n) is 3.41. The fourth-order valence-corrected chi connectivity index (χ4v) is 1.53. The van der Waals surface area contributed by atoms with Gasteiger partial charge in [-0.3, -0.25) is 0 Å². The lowest BCUT2D eigenvalue weighted by Gasteiger charge is -2.05. The van der Waals surface area contributed by atoms with E-state index < -0.39 is 17.8 Å². The molecule has 0 saturated heterocycles. The summed E-state index contributed by atoms with van der Waals surface area (Å²) in [6.07, 6.45) is 0.455. The molecule has 0 aromatic heterocycles. The van der Waals surface area contributed by atoms with Crippen LogP contribution in [0, 0.1) is 5.82 Å². The highest BCUT2D eigenvalue weighted by atomic mass is 79.9. The number of benzene rings is 1. The number of carbonyl (C=O) groups excluding carboxylic acids is 2. The summed E-state index contributed by atoms with van der Waals surface area (Å²) in [5.74, 6) is -0.994. The quantitative estimate of drug-likeness (QED) is 0.641. The van der Waals surface area contributed by atoms with Gasteiger partial charge in [0.25, 0.3) is 0 Å². The molecule has 0 spiro atoms. The fraction of sp³-hybridized carbons (Fsp3) is 0.273. The van der Waals surface area contributed by atoms with Crippen molar-refractivity contribution in [3.8, 4) is 0 Å². The Kier molecular flexibility index (Phi) is 5.57. The highest BCUT2D eigenvalue weighted by Gasteiger charge is 2.09. The lowest BCUT2D eigenvalue weighted by molar-refractivity contribution is 0.0501. The van der Waals surface area contributed by atoms with E-state index in [0.29, 0.717) is 13.0 Å². The number of amides is 2. The minimum absolute atomic E-state index is 0.147. The zero-order valence-electron chi connectivity index (χ0n) is 9.41. The maximum Gasteiger partial charge on any atom is 0.338 e. The van der Waals surface area contributed by atoms with Crippen molar-refractivity contribution in [3.05, 3.63) is 34.1 Å². The van der Waals surface area contributed by atoms with Crippen molar-refractivity contribution in [2.75, 3.05) is 13.2 Å². The smallest absolute Gasteiger partial charge is 0.338 e. The Morgan fingerprint density at radius 1 is 1.44 bits per heavy atom. The molecule has 0 unspecified atom stereocenters. The second kappa shape index (κ2) is 6.95. The van der Waals surface area contributed by atoms with E-state index in [0.717, 1.165) is 0 Å². The Morgan fingerprint density at radius 3 is 2.78 bits per heavy atom. The van der Waals surface area contributed by atoms with Gasteiger partial charge >= 0.3 is 12.0 Å². The summed E-state index contributed by atoms with van der Waals surface area (Å²) in [4.78, 5) is 21.9. The molecule has 0 atom stereocenters. The summed E-state index contributed by atoms with van der Waals surface area (Å²) >= 11 is 2.98. The Labute approximate surface area is 112 Å². The molecule has 0 aliphatic heterocycles. The van der Waals surface area contributed by atoms with Gasteiger partial charge in [0.2, 0.25) is 0 Å². The maximum absolute atomic E-state index is 12.9. The Morgan fingerprint density at radius 2 is 2.17 bits per heavy atom. The number of carbonyl (C=O) groups is 2. The maximum atomic E-state index is 12.9. The van der Waals surface area contributed by atoms with Gasteiger partial charge < -0.3 is 15.8 Å². The molecule has 1 aromatic carbocycles. The van der Waals surface area contributed by atoms with Crippen LogP contribution in [0.2, 0.25) is 0 Å². The van der Waals surface area contributed by atoms with E-state index >= 15 is 0 Å². The van der Waals surface area contributed by atoms with E-state index in [-0.39, 0.29) is 16.6 Å². The fourth-order valence-electron chi connectivity index (χ4n) is 1.16. The molecule has 5 nitrogen and oxygen atoms in total. The highest BCUT2D eigenvalue weighted by molar-refractivity contribution is 9.10. The predicted octanol–water partition coefficient (Wildman–Crippen LogP) is 1.80. The summed E-state index contributed by atoms with van der Waals surface area (Å²) in [5, 5.41) is 2.37. The largest absolute Gasteiger partial charge is 0.462 e. The third kappa shape index (κ3) is 4.70. The molecular weight excluding hydrogens is 307 g/mol. The van der Waals surface area contributed by atoms with E-state index in [1.54, 1.807) is 0 Å².